The lowest BCUT2D eigenvalue weighted by molar-refractivity contribution is -0.121. The predicted molar refractivity (Wildman–Crippen MR) is 78.8 cm³/mol. The number of nitrogens with one attached hydrogen (secondary N) is 2. The van der Waals surface area contributed by atoms with E-state index in [-0.39, 0.29) is 24.2 Å². The Labute approximate surface area is 124 Å². The third-order valence-electron chi connectivity index (χ3n) is 3.31. The van der Waals surface area contributed by atoms with E-state index in [9.17, 15) is 9.59 Å². The van der Waals surface area contributed by atoms with Crippen LogP contribution in [0.5, 0.6) is 0 Å². The molecule has 0 spiro atoms. The summed E-state index contributed by atoms with van der Waals surface area (Å²) in [4.78, 5) is 23.2. The average Bonchev–Trinajstić information content (AvgIpc) is 3.02. The molecular weight excluding hydrogens is 272 g/mol. The fraction of sp³-hybridized carbons (Fsp3) is 0.600. The maximum atomic E-state index is 11.6. The van der Waals surface area contributed by atoms with Crippen LogP contribution in [0.15, 0.2) is 22.8 Å². The Hall–Kier alpha value is -1.82. The number of carbonyl (C=O) groups excluding carboxylic acids is 2. The molecule has 0 saturated heterocycles. The van der Waals surface area contributed by atoms with E-state index in [1.807, 2.05) is 6.92 Å². The van der Waals surface area contributed by atoms with E-state index in [1.165, 1.54) is 6.26 Å². The van der Waals surface area contributed by atoms with Crippen LogP contribution in [0.2, 0.25) is 0 Å². The first-order valence-corrected chi connectivity index (χ1v) is 7.36. The summed E-state index contributed by atoms with van der Waals surface area (Å²) in [5.74, 6) is 0.292. The van der Waals surface area contributed by atoms with Crippen molar-refractivity contribution in [3.05, 3.63) is 24.2 Å². The largest absolute Gasteiger partial charge is 0.459 e. The van der Waals surface area contributed by atoms with Gasteiger partial charge in [0.2, 0.25) is 5.91 Å². The van der Waals surface area contributed by atoms with Gasteiger partial charge in [0.1, 0.15) is 0 Å². The summed E-state index contributed by atoms with van der Waals surface area (Å²) in [5, 5.41) is 14.4. The molecule has 1 rings (SSSR count). The first-order chi connectivity index (χ1) is 10.2. The maximum absolute atomic E-state index is 11.6. The highest BCUT2D eigenvalue weighted by Crippen LogP contribution is 2.05. The molecule has 1 atom stereocenters. The van der Waals surface area contributed by atoms with Crippen LogP contribution in [0.3, 0.4) is 0 Å². The van der Waals surface area contributed by atoms with Gasteiger partial charge in [-0.1, -0.05) is 13.3 Å². The van der Waals surface area contributed by atoms with E-state index in [2.05, 4.69) is 10.6 Å². The zero-order valence-electron chi connectivity index (χ0n) is 12.4. The van der Waals surface area contributed by atoms with Crippen molar-refractivity contribution in [2.75, 3.05) is 19.7 Å². The van der Waals surface area contributed by atoms with E-state index >= 15 is 0 Å². The van der Waals surface area contributed by atoms with Crippen molar-refractivity contribution in [2.24, 2.45) is 5.92 Å². The minimum atomic E-state index is -0.269. The molecule has 3 N–H and O–H groups in total. The molecule has 0 fully saturated rings. The Morgan fingerprint density at radius 3 is 2.81 bits per heavy atom. The minimum absolute atomic E-state index is 0.0290. The van der Waals surface area contributed by atoms with Crippen LogP contribution in [0.25, 0.3) is 0 Å². The van der Waals surface area contributed by atoms with Crippen molar-refractivity contribution in [3.63, 3.8) is 0 Å². The Morgan fingerprint density at radius 1 is 1.38 bits per heavy atom. The molecule has 1 aromatic rings. The molecule has 6 heteroatoms. The summed E-state index contributed by atoms with van der Waals surface area (Å²) in [7, 11) is 0. The second kappa shape index (κ2) is 9.99. The molecule has 1 aromatic heterocycles. The van der Waals surface area contributed by atoms with Crippen molar-refractivity contribution < 1.29 is 19.1 Å². The zero-order chi connectivity index (χ0) is 15.5. The van der Waals surface area contributed by atoms with Crippen LogP contribution in [0, 0.1) is 5.92 Å². The normalized spacial score (nSPS) is 11.9. The molecule has 21 heavy (non-hydrogen) atoms. The Kier molecular flexibility index (Phi) is 8.19. The number of aliphatic hydroxyl groups excluding tert-OH is 1. The number of amides is 2. The van der Waals surface area contributed by atoms with Gasteiger partial charge in [0.05, 0.1) is 6.26 Å². The summed E-state index contributed by atoms with van der Waals surface area (Å²) in [6.45, 7) is 3.21. The van der Waals surface area contributed by atoms with Crippen LogP contribution in [0.4, 0.5) is 0 Å². The molecule has 118 valence electrons. The van der Waals surface area contributed by atoms with Crippen molar-refractivity contribution in [1.29, 1.82) is 0 Å². The molecule has 0 aromatic carbocycles. The van der Waals surface area contributed by atoms with E-state index < -0.39 is 0 Å². The van der Waals surface area contributed by atoms with Crippen molar-refractivity contribution in [2.45, 2.75) is 32.6 Å². The second-order valence-electron chi connectivity index (χ2n) is 4.93. The third kappa shape index (κ3) is 6.94. The van der Waals surface area contributed by atoms with Crippen LogP contribution < -0.4 is 10.6 Å². The number of hydrogen-bond acceptors (Lipinski definition) is 4. The fourth-order valence-corrected chi connectivity index (χ4v) is 1.93. The van der Waals surface area contributed by atoms with Crippen molar-refractivity contribution in [1.82, 2.24) is 10.6 Å². The van der Waals surface area contributed by atoms with Gasteiger partial charge < -0.3 is 20.2 Å². The average molecular weight is 296 g/mol. The standard InChI is InChI=1S/C15H24N2O4/c1-2-12(7-9-18)11-17-14(19)6-3-8-16-15(20)13-5-4-10-21-13/h4-5,10,12,18H,2-3,6-9,11H2,1H3,(H,16,20)(H,17,19). The van der Waals surface area contributed by atoms with Gasteiger partial charge in [-0.2, -0.15) is 0 Å². The quantitative estimate of drug-likeness (QED) is 0.568. The van der Waals surface area contributed by atoms with Gasteiger partial charge in [-0.3, -0.25) is 9.59 Å². The second-order valence-corrected chi connectivity index (χ2v) is 4.93. The number of rotatable bonds is 10. The van der Waals surface area contributed by atoms with Crippen LogP contribution in [-0.2, 0) is 4.79 Å². The number of aliphatic hydroxyl groups is 1. The zero-order valence-corrected chi connectivity index (χ0v) is 12.4. The van der Waals surface area contributed by atoms with Gasteiger partial charge in [0.15, 0.2) is 5.76 Å². The van der Waals surface area contributed by atoms with Gasteiger partial charge in [0.25, 0.3) is 5.91 Å². The SMILES string of the molecule is CCC(CCO)CNC(=O)CCCNC(=O)c1ccco1. The molecule has 1 unspecified atom stereocenters. The van der Waals surface area contributed by atoms with Gasteiger partial charge in [-0.05, 0) is 30.9 Å². The van der Waals surface area contributed by atoms with E-state index in [1.54, 1.807) is 12.1 Å². The number of carbonyl (C=O) groups is 2. The molecule has 0 saturated carbocycles. The smallest absolute Gasteiger partial charge is 0.286 e. The molecule has 0 aliphatic heterocycles. The van der Waals surface area contributed by atoms with E-state index in [0.717, 1.165) is 6.42 Å². The molecular formula is C15H24N2O4. The molecule has 0 bridgehead atoms. The van der Waals surface area contributed by atoms with E-state index in [4.69, 9.17) is 9.52 Å². The number of furan rings is 1. The number of hydrogen-bond donors (Lipinski definition) is 3. The Balaban J connectivity index is 2.09. The summed E-state index contributed by atoms with van der Waals surface area (Å²) in [6, 6.07) is 3.24. The van der Waals surface area contributed by atoms with Crippen LogP contribution in [0.1, 0.15) is 43.2 Å². The third-order valence-corrected chi connectivity index (χ3v) is 3.31. The van der Waals surface area contributed by atoms with E-state index in [0.29, 0.717) is 38.3 Å². The highest BCUT2D eigenvalue weighted by atomic mass is 16.3. The van der Waals surface area contributed by atoms with Crippen LogP contribution >= 0.6 is 0 Å². The summed E-state index contributed by atoms with van der Waals surface area (Å²) in [5.41, 5.74) is 0. The molecule has 0 radical (unpaired) electrons. The minimum Gasteiger partial charge on any atom is -0.459 e. The fourth-order valence-electron chi connectivity index (χ4n) is 1.93. The first-order valence-electron chi connectivity index (χ1n) is 7.36. The summed E-state index contributed by atoms with van der Waals surface area (Å²) < 4.78 is 4.96. The molecule has 0 aliphatic carbocycles. The molecule has 1 heterocycles. The Bertz CT molecular complexity index is 417. The highest BCUT2D eigenvalue weighted by Gasteiger charge is 2.09. The lowest BCUT2D eigenvalue weighted by Gasteiger charge is -2.14. The molecule has 2 amide bonds. The summed E-state index contributed by atoms with van der Waals surface area (Å²) in [6.07, 6.45) is 4.03. The van der Waals surface area contributed by atoms with Gasteiger partial charge in [-0.15, -0.1) is 0 Å². The monoisotopic (exact) mass is 296 g/mol. The van der Waals surface area contributed by atoms with Crippen molar-refractivity contribution >= 4 is 11.8 Å². The predicted octanol–water partition coefficient (Wildman–Crippen LogP) is 1.31. The first kappa shape index (κ1) is 17.2. The van der Waals surface area contributed by atoms with Crippen LogP contribution in [-0.4, -0.2) is 36.6 Å². The molecule has 6 nitrogen and oxygen atoms in total. The topological polar surface area (TPSA) is 91.6 Å². The van der Waals surface area contributed by atoms with Gasteiger partial charge >= 0.3 is 0 Å². The molecule has 0 aliphatic rings. The van der Waals surface area contributed by atoms with Gasteiger partial charge in [0, 0.05) is 26.1 Å². The lowest BCUT2D eigenvalue weighted by atomic mass is 10.0. The Morgan fingerprint density at radius 2 is 2.19 bits per heavy atom. The van der Waals surface area contributed by atoms with Gasteiger partial charge in [-0.25, -0.2) is 0 Å². The highest BCUT2D eigenvalue weighted by molar-refractivity contribution is 5.91. The lowest BCUT2D eigenvalue weighted by Crippen LogP contribution is -2.30. The van der Waals surface area contributed by atoms with Crippen molar-refractivity contribution in [3.8, 4) is 0 Å². The maximum Gasteiger partial charge on any atom is 0.286 e. The summed E-state index contributed by atoms with van der Waals surface area (Å²) >= 11 is 0.